The Hall–Kier alpha value is -3.86. The summed E-state index contributed by atoms with van der Waals surface area (Å²) in [6.45, 7) is -0.103. The van der Waals surface area contributed by atoms with Crippen LogP contribution in [0.1, 0.15) is 27.7 Å². The summed E-state index contributed by atoms with van der Waals surface area (Å²) in [5.74, 6) is -1.59. The van der Waals surface area contributed by atoms with Crippen LogP contribution in [0.15, 0.2) is 48.5 Å². The SMILES string of the molecule is CSCCN(CC(=O)O)C(=O)c1nc(NC(=O)OCC2c3ccccc3-c3ccccc32)n[nH]1. The minimum Gasteiger partial charge on any atom is -0.480 e. The van der Waals surface area contributed by atoms with E-state index in [1.807, 2.05) is 54.8 Å². The molecule has 176 valence electrons. The van der Waals surface area contributed by atoms with E-state index in [0.29, 0.717) is 5.75 Å². The molecule has 0 atom stereocenters. The number of aromatic amines is 1. The van der Waals surface area contributed by atoms with Crippen LogP contribution in [0.2, 0.25) is 0 Å². The molecule has 4 rings (SSSR count). The molecular weight excluding hydrogens is 458 g/mol. The molecule has 10 nitrogen and oxygen atoms in total. The van der Waals surface area contributed by atoms with E-state index in [4.69, 9.17) is 9.84 Å². The minimum atomic E-state index is -1.13. The van der Waals surface area contributed by atoms with Gasteiger partial charge in [0.05, 0.1) is 0 Å². The number of amides is 2. The number of aliphatic carboxylic acids is 1. The average Bonchev–Trinajstić information content (AvgIpc) is 3.42. The lowest BCUT2D eigenvalue weighted by Gasteiger charge is -2.18. The lowest BCUT2D eigenvalue weighted by Crippen LogP contribution is -2.37. The third-order valence-electron chi connectivity index (χ3n) is 5.42. The van der Waals surface area contributed by atoms with Crippen molar-refractivity contribution in [2.45, 2.75) is 5.92 Å². The molecule has 3 aromatic rings. The van der Waals surface area contributed by atoms with Gasteiger partial charge in [-0.15, -0.1) is 5.10 Å². The lowest BCUT2D eigenvalue weighted by atomic mass is 9.98. The van der Waals surface area contributed by atoms with Crippen molar-refractivity contribution in [3.63, 3.8) is 0 Å². The number of ether oxygens (including phenoxy) is 1. The fourth-order valence-electron chi connectivity index (χ4n) is 3.91. The van der Waals surface area contributed by atoms with Crippen LogP contribution in [0, 0.1) is 0 Å². The number of H-pyrrole nitrogens is 1. The van der Waals surface area contributed by atoms with Crippen molar-refractivity contribution in [2.75, 3.05) is 37.0 Å². The van der Waals surface area contributed by atoms with Gasteiger partial charge >= 0.3 is 12.1 Å². The molecule has 0 radical (unpaired) electrons. The molecule has 1 aliphatic rings. The van der Waals surface area contributed by atoms with Gasteiger partial charge in [0, 0.05) is 18.2 Å². The second kappa shape index (κ2) is 10.4. The summed E-state index contributed by atoms with van der Waals surface area (Å²) in [4.78, 5) is 41.2. The Bertz CT molecular complexity index is 1170. The predicted octanol–water partition coefficient (Wildman–Crippen LogP) is 3.06. The number of aromatic nitrogens is 3. The molecule has 2 aromatic carbocycles. The molecule has 1 heterocycles. The van der Waals surface area contributed by atoms with Crippen molar-refractivity contribution in [1.29, 1.82) is 0 Å². The maximum atomic E-state index is 12.6. The number of hydrogen-bond acceptors (Lipinski definition) is 7. The van der Waals surface area contributed by atoms with Gasteiger partial charge in [0.1, 0.15) is 13.2 Å². The number of carbonyl (C=O) groups is 3. The van der Waals surface area contributed by atoms with E-state index < -0.39 is 24.5 Å². The normalized spacial score (nSPS) is 12.0. The number of hydrogen-bond donors (Lipinski definition) is 3. The van der Waals surface area contributed by atoms with Crippen LogP contribution in [0.5, 0.6) is 0 Å². The van der Waals surface area contributed by atoms with Crippen LogP contribution >= 0.6 is 11.8 Å². The fraction of sp³-hybridized carbons (Fsp3) is 0.261. The number of carboxylic acid groups (broad SMARTS) is 1. The van der Waals surface area contributed by atoms with Crippen molar-refractivity contribution in [3.05, 3.63) is 65.5 Å². The van der Waals surface area contributed by atoms with Crippen molar-refractivity contribution in [2.24, 2.45) is 0 Å². The molecular formula is C23H23N5O5S. The van der Waals surface area contributed by atoms with Gasteiger partial charge < -0.3 is 14.7 Å². The number of benzene rings is 2. The van der Waals surface area contributed by atoms with Gasteiger partial charge in [-0.1, -0.05) is 48.5 Å². The Kier molecular flexibility index (Phi) is 7.12. The minimum absolute atomic E-state index is 0.0940. The highest BCUT2D eigenvalue weighted by molar-refractivity contribution is 7.98. The average molecular weight is 482 g/mol. The van der Waals surface area contributed by atoms with Gasteiger partial charge in [0.25, 0.3) is 11.9 Å². The summed E-state index contributed by atoms with van der Waals surface area (Å²) in [7, 11) is 0. The number of nitrogens with one attached hydrogen (secondary N) is 2. The smallest absolute Gasteiger partial charge is 0.414 e. The second-order valence-corrected chi connectivity index (χ2v) is 8.56. The molecule has 2 amide bonds. The van der Waals surface area contributed by atoms with E-state index in [2.05, 4.69) is 20.5 Å². The first-order chi connectivity index (χ1) is 16.5. The van der Waals surface area contributed by atoms with Gasteiger partial charge in [-0.05, 0) is 28.5 Å². The Labute approximate surface area is 199 Å². The number of carbonyl (C=O) groups excluding carboxylic acids is 2. The summed E-state index contributed by atoms with van der Waals surface area (Å²) in [5, 5.41) is 17.7. The Morgan fingerprint density at radius 1 is 1.12 bits per heavy atom. The van der Waals surface area contributed by atoms with E-state index in [0.717, 1.165) is 27.2 Å². The van der Waals surface area contributed by atoms with E-state index in [1.54, 1.807) is 0 Å². The number of nitrogens with zero attached hydrogens (tertiary/aromatic N) is 3. The van der Waals surface area contributed by atoms with E-state index in [9.17, 15) is 14.4 Å². The molecule has 11 heteroatoms. The number of carboxylic acids is 1. The highest BCUT2D eigenvalue weighted by Gasteiger charge is 2.29. The van der Waals surface area contributed by atoms with Crippen molar-refractivity contribution in [1.82, 2.24) is 20.1 Å². The Morgan fingerprint density at radius 2 is 1.76 bits per heavy atom. The molecule has 3 N–H and O–H groups in total. The van der Waals surface area contributed by atoms with Gasteiger partial charge in [-0.3, -0.25) is 20.0 Å². The molecule has 0 saturated heterocycles. The molecule has 0 spiro atoms. The first-order valence-corrected chi connectivity index (χ1v) is 11.9. The van der Waals surface area contributed by atoms with Gasteiger partial charge in [0.15, 0.2) is 0 Å². The van der Waals surface area contributed by atoms with Crippen LogP contribution in [-0.2, 0) is 9.53 Å². The molecule has 34 heavy (non-hydrogen) atoms. The summed E-state index contributed by atoms with van der Waals surface area (Å²) in [5.41, 5.74) is 4.42. The van der Waals surface area contributed by atoms with Crippen molar-refractivity contribution >= 4 is 35.7 Å². The third kappa shape index (κ3) is 5.04. The van der Waals surface area contributed by atoms with Crippen LogP contribution in [0.25, 0.3) is 11.1 Å². The monoisotopic (exact) mass is 481 g/mol. The number of thioether (sulfide) groups is 1. The fourth-order valence-corrected chi connectivity index (χ4v) is 4.31. The number of anilines is 1. The quantitative estimate of drug-likeness (QED) is 0.424. The highest BCUT2D eigenvalue weighted by atomic mass is 32.2. The van der Waals surface area contributed by atoms with E-state index in [1.165, 1.54) is 11.8 Å². The number of rotatable bonds is 9. The topological polar surface area (TPSA) is 138 Å². The summed E-state index contributed by atoms with van der Waals surface area (Å²) in [6, 6.07) is 16.0. The number of fused-ring (bicyclic) bond motifs is 3. The largest absolute Gasteiger partial charge is 0.480 e. The summed E-state index contributed by atoms with van der Waals surface area (Å²) < 4.78 is 5.45. The predicted molar refractivity (Wildman–Crippen MR) is 127 cm³/mol. The summed E-state index contributed by atoms with van der Waals surface area (Å²) >= 11 is 1.48. The summed E-state index contributed by atoms with van der Waals surface area (Å²) in [6.07, 6.45) is 1.10. The van der Waals surface area contributed by atoms with Gasteiger partial charge in [0.2, 0.25) is 5.82 Å². The van der Waals surface area contributed by atoms with Crippen LogP contribution in [0.3, 0.4) is 0 Å². The van der Waals surface area contributed by atoms with E-state index >= 15 is 0 Å². The van der Waals surface area contributed by atoms with Crippen molar-refractivity contribution < 1.29 is 24.2 Å². The zero-order valence-corrected chi connectivity index (χ0v) is 19.2. The zero-order chi connectivity index (χ0) is 24.1. The maximum absolute atomic E-state index is 12.6. The standard InChI is InChI=1S/C23H23N5O5S/c1-34-11-10-28(12-19(29)30)21(31)20-24-22(27-26-20)25-23(32)33-13-18-16-8-4-2-6-14(16)15-7-3-5-9-17(15)18/h2-9,18H,10-13H2,1H3,(H,29,30)(H2,24,25,26,27,32). The second-order valence-electron chi connectivity index (χ2n) is 7.57. The van der Waals surface area contributed by atoms with Gasteiger partial charge in [-0.25, -0.2) is 4.79 Å². The van der Waals surface area contributed by atoms with E-state index in [-0.39, 0.29) is 30.8 Å². The lowest BCUT2D eigenvalue weighted by molar-refractivity contribution is -0.137. The molecule has 1 aromatic heterocycles. The third-order valence-corrected chi connectivity index (χ3v) is 6.02. The van der Waals surface area contributed by atoms with Crippen LogP contribution in [-0.4, -0.2) is 74.9 Å². The Balaban J connectivity index is 1.38. The molecule has 0 saturated carbocycles. The highest BCUT2D eigenvalue weighted by Crippen LogP contribution is 2.44. The van der Waals surface area contributed by atoms with Gasteiger partial charge in [-0.2, -0.15) is 16.7 Å². The van der Waals surface area contributed by atoms with Crippen LogP contribution in [0.4, 0.5) is 10.7 Å². The molecule has 0 aliphatic heterocycles. The Morgan fingerprint density at radius 3 is 2.38 bits per heavy atom. The maximum Gasteiger partial charge on any atom is 0.414 e. The first kappa shape index (κ1) is 23.3. The molecule has 0 unspecified atom stereocenters. The van der Waals surface area contributed by atoms with Crippen LogP contribution < -0.4 is 5.32 Å². The molecule has 0 fully saturated rings. The van der Waals surface area contributed by atoms with Crippen molar-refractivity contribution in [3.8, 4) is 11.1 Å². The first-order valence-electron chi connectivity index (χ1n) is 10.5. The molecule has 1 aliphatic carbocycles. The zero-order valence-electron chi connectivity index (χ0n) is 18.4. The molecule has 0 bridgehead atoms.